The molecule has 2 aromatic rings. The summed E-state index contributed by atoms with van der Waals surface area (Å²) in [6.45, 7) is 6.82. The second-order valence-corrected chi connectivity index (χ2v) is 5.00. The minimum Gasteiger partial charge on any atom is -0.451 e. The third-order valence-electron chi connectivity index (χ3n) is 3.10. The molecular formula is C20H12N2O4. The van der Waals surface area contributed by atoms with E-state index in [2.05, 4.69) is 4.85 Å². The summed E-state index contributed by atoms with van der Waals surface area (Å²) in [6, 6.07) is 15.2. The lowest BCUT2D eigenvalue weighted by Crippen LogP contribution is -2.05. The molecule has 0 unspecified atom stereocenters. The molecule has 0 bridgehead atoms. The van der Waals surface area contributed by atoms with Crippen LogP contribution >= 0.6 is 0 Å². The fraction of sp³-hybridized carbons (Fsp3) is 0.100. The van der Waals surface area contributed by atoms with E-state index in [4.69, 9.17) is 21.3 Å². The molecule has 6 heteroatoms. The molecule has 0 saturated carbocycles. The van der Waals surface area contributed by atoms with Crippen molar-refractivity contribution in [2.75, 3.05) is 0 Å². The zero-order chi connectivity index (χ0) is 18.8. The minimum absolute atomic E-state index is 0.0487. The summed E-state index contributed by atoms with van der Waals surface area (Å²) < 4.78 is 9.82. The highest BCUT2D eigenvalue weighted by Gasteiger charge is 2.03. The van der Waals surface area contributed by atoms with Crippen LogP contribution in [-0.4, -0.2) is 11.9 Å². The molecule has 0 aliphatic heterocycles. The normalized spacial score (nSPS) is 9.00. The Balaban J connectivity index is 1.81. The van der Waals surface area contributed by atoms with Crippen LogP contribution in [0.5, 0.6) is 0 Å². The van der Waals surface area contributed by atoms with Gasteiger partial charge >= 0.3 is 11.9 Å². The summed E-state index contributed by atoms with van der Waals surface area (Å²) in [5.74, 6) is 2.33. The fourth-order valence-corrected chi connectivity index (χ4v) is 1.92. The summed E-state index contributed by atoms with van der Waals surface area (Å²) in [5.41, 5.74) is 2.18. The number of esters is 2. The number of ether oxygens (including phenoxy) is 2. The van der Waals surface area contributed by atoms with Crippen molar-refractivity contribution in [3.05, 3.63) is 76.6 Å². The highest BCUT2D eigenvalue weighted by Crippen LogP contribution is 2.14. The first kappa shape index (κ1) is 18.3. The van der Waals surface area contributed by atoms with Crippen LogP contribution in [-0.2, 0) is 32.3 Å². The van der Waals surface area contributed by atoms with Gasteiger partial charge in [-0.3, -0.25) is 0 Å². The average Bonchev–Trinajstić information content (AvgIpc) is 2.69. The Kier molecular flexibility index (Phi) is 6.51. The van der Waals surface area contributed by atoms with Crippen molar-refractivity contribution in [1.82, 2.24) is 0 Å². The van der Waals surface area contributed by atoms with E-state index in [9.17, 15) is 9.59 Å². The maximum Gasteiger partial charge on any atom is 0.385 e. The third kappa shape index (κ3) is 5.85. The van der Waals surface area contributed by atoms with E-state index < -0.39 is 11.9 Å². The highest BCUT2D eigenvalue weighted by atomic mass is 16.5. The lowest BCUT2D eigenvalue weighted by molar-refractivity contribution is -0.140. The van der Waals surface area contributed by atoms with Gasteiger partial charge in [-0.1, -0.05) is 30.3 Å². The second-order valence-electron chi connectivity index (χ2n) is 5.00. The van der Waals surface area contributed by atoms with Gasteiger partial charge in [0.15, 0.2) is 5.69 Å². The van der Waals surface area contributed by atoms with Crippen molar-refractivity contribution in [2.45, 2.75) is 13.2 Å². The van der Waals surface area contributed by atoms with E-state index in [0.717, 1.165) is 0 Å². The zero-order valence-electron chi connectivity index (χ0n) is 13.6. The Hall–Kier alpha value is -4.08. The lowest BCUT2D eigenvalue weighted by atomic mass is 10.1. The molecule has 6 nitrogen and oxygen atoms in total. The monoisotopic (exact) mass is 344 g/mol. The molecule has 0 aliphatic carbocycles. The molecule has 126 valence electrons. The van der Waals surface area contributed by atoms with Crippen molar-refractivity contribution >= 4 is 17.6 Å². The summed E-state index contributed by atoms with van der Waals surface area (Å²) in [7, 11) is 0. The molecule has 2 rings (SSSR count). The second kappa shape index (κ2) is 9.27. The molecular weight excluding hydrogens is 332 g/mol. The van der Waals surface area contributed by atoms with Crippen LogP contribution in [0.15, 0.2) is 48.5 Å². The van der Waals surface area contributed by atoms with Crippen LogP contribution in [0.4, 0.5) is 5.69 Å². The lowest BCUT2D eigenvalue weighted by Gasteiger charge is -2.02. The van der Waals surface area contributed by atoms with Gasteiger partial charge in [0.1, 0.15) is 13.2 Å². The molecule has 0 amide bonds. The molecule has 0 atom stereocenters. The van der Waals surface area contributed by atoms with E-state index in [1.54, 1.807) is 48.5 Å². The molecule has 0 saturated heterocycles. The third-order valence-corrected chi connectivity index (χ3v) is 3.10. The Bertz CT molecular complexity index is 894. The average molecular weight is 344 g/mol. The van der Waals surface area contributed by atoms with Gasteiger partial charge in [0.2, 0.25) is 0 Å². The fourth-order valence-electron chi connectivity index (χ4n) is 1.92. The number of carbonyl (C=O) groups is 2. The van der Waals surface area contributed by atoms with Gasteiger partial charge in [-0.25, -0.2) is 14.4 Å². The highest BCUT2D eigenvalue weighted by molar-refractivity contribution is 5.98. The molecule has 0 fully saturated rings. The smallest absolute Gasteiger partial charge is 0.385 e. The summed E-state index contributed by atoms with van der Waals surface area (Å²) in [6.07, 6.45) is 0. The number of rotatable bonds is 4. The molecule has 0 spiro atoms. The Morgan fingerprint density at radius 2 is 1.54 bits per heavy atom. The van der Waals surface area contributed by atoms with Gasteiger partial charge in [0.25, 0.3) is 0 Å². The van der Waals surface area contributed by atoms with E-state index in [0.29, 0.717) is 22.4 Å². The van der Waals surface area contributed by atoms with E-state index in [1.165, 1.54) is 0 Å². The predicted molar refractivity (Wildman–Crippen MR) is 91.2 cm³/mol. The van der Waals surface area contributed by atoms with Crippen LogP contribution in [0.3, 0.4) is 0 Å². The molecule has 26 heavy (non-hydrogen) atoms. The standard InChI is InChI=1S/C20H12N2O4/c1-22-18-7-3-6-17(11-18)14-26-20(24)9-8-19(23)25-13-16-5-2-4-15(10-16)12-21/h2-7,10-11H,13-14H2. The summed E-state index contributed by atoms with van der Waals surface area (Å²) in [4.78, 5) is 26.3. The largest absolute Gasteiger partial charge is 0.451 e. The van der Waals surface area contributed by atoms with E-state index in [1.807, 2.05) is 17.9 Å². The minimum atomic E-state index is -0.876. The number of benzene rings is 2. The predicted octanol–water partition coefficient (Wildman–Crippen LogP) is 2.90. The number of hydrogen-bond acceptors (Lipinski definition) is 5. The van der Waals surface area contributed by atoms with E-state index >= 15 is 0 Å². The quantitative estimate of drug-likeness (QED) is 0.369. The van der Waals surface area contributed by atoms with Crippen molar-refractivity contribution in [1.29, 1.82) is 5.26 Å². The first-order valence-electron chi connectivity index (χ1n) is 7.41. The first-order chi connectivity index (χ1) is 12.6. The van der Waals surface area contributed by atoms with Crippen LogP contribution in [0.2, 0.25) is 0 Å². The number of hydrogen-bond donors (Lipinski definition) is 0. The van der Waals surface area contributed by atoms with Crippen LogP contribution in [0.25, 0.3) is 4.85 Å². The van der Waals surface area contributed by atoms with Crippen molar-refractivity contribution in [2.24, 2.45) is 0 Å². The SMILES string of the molecule is [C-]#[N+]c1cccc(COC(=O)C#CC(=O)OCc2cccc(C#N)c2)c1. The molecule has 0 radical (unpaired) electrons. The van der Waals surface area contributed by atoms with Crippen LogP contribution < -0.4 is 0 Å². The van der Waals surface area contributed by atoms with Gasteiger partial charge in [-0.05, 0) is 29.3 Å². The molecule has 0 N–H and O–H groups in total. The zero-order valence-corrected chi connectivity index (χ0v) is 13.6. The molecule has 2 aromatic carbocycles. The Morgan fingerprint density at radius 3 is 2.12 bits per heavy atom. The summed E-state index contributed by atoms with van der Waals surface area (Å²) >= 11 is 0. The first-order valence-corrected chi connectivity index (χ1v) is 7.41. The number of nitrogens with zero attached hydrogens (tertiary/aromatic N) is 2. The van der Waals surface area contributed by atoms with E-state index in [-0.39, 0.29) is 13.2 Å². The number of carbonyl (C=O) groups excluding carboxylic acids is 2. The Labute approximate surface area is 150 Å². The molecule has 0 aromatic heterocycles. The maximum atomic E-state index is 11.5. The maximum absolute atomic E-state index is 11.5. The van der Waals surface area contributed by atoms with Crippen LogP contribution in [0.1, 0.15) is 16.7 Å². The molecule has 0 heterocycles. The summed E-state index contributed by atoms with van der Waals surface area (Å²) in [5, 5.41) is 8.80. The van der Waals surface area contributed by atoms with Crippen molar-refractivity contribution < 1.29 is 19.1 Å². The van der Waals surface area contributed by atoms with Gasteiger partial charge in [0, 0.05) is 11.8 Å². The van der Waals surface area contributed by atoms with Gasteiger partial charge in [0.05, 0.1) is 18.2 Å². The van der Waals surface area contributed by atoms with Crippen molar-refractivity contribution in [3.63, 3.8) is 0 Å². The van der Waals surface area contributed by atoms with Gasteiger partial charge < -0.3 is 9.47 Å². The van der Waals surface area contributed by atoms with Crippen molar-refractivity contribution in [3.8, 4) is 17.9 Å². The number of nitriles is 1. The topological polar surface area (TPSA) is 80.8 Å². The molecule has 0 aliphatic rings. The van der Waals surface area contributed by atoms with Gasteiger partial charge in [-0.2, -0.15) is 5.26 Å². The Morgan fingerprint density at radius 1 is 0.962 bits per heavy atom. The van der Waals surface area contributed by atoms with Gasteiger partial charge in [-0.15, -0.1) is 0 Å². The van der Waals surface area contributed by atoms with Crippen LogP contribution in [0, 0.1) is 29.7 Å².